The number of ether oxygens (including phenoxy) is 1. The van der Waals surface area contributed by atoms with Crippen molar-refractivity contribution in [3.63, 3.8) is 0 Å². The van der Waals surface area contributed by atoms with Crippen molar-refractivity contribution in [2.75, 3.05) is 19.7 Å². The lowest BCUT2D eigenvalue weighted by molar-refractivity contribution is -0.0306. The molecule has 2 aliphatic heterocycles. The summed E-state index contributed by atoms with van der Waals surface area (Å²) in [4.78, 5) is 7.02. The third-order valence-corrected chi connectivity index (χ3v) is 6.67. The van der Waals surface area contributed by atoms with Crippen molar-refractivity contribution in [3.05, 3.63) is 11.6 Å². The van der Waals surface area contributed by atoms with Crippen molar-refractivity contribution in [3.8, 4) is 0 Å². The van der Waals surface area contributed by atoms with E-state index in [4.69, 9.17) is 16.2 Å². The van der Waals surface area contributed by atoms with Gasteiger partial charge in [0.05, 0.1) is 11.6 Å². The molecular weight excluding hydrogens is 314 g/mol. The summed E-state index contributed by atoms with van der Waals surface area (Å²) in [5.41, 5.74) is 11.9. The Bertz CT molecular complexity index is 530. The highest BCUT2D eigenvalue weighted by atomic mass is 16.5. The molecule has 0 bridgehead atoms. The Labute approximate surface area is 152 Å². The van der Waals surface area contributed by atoms with Gasteiger partial charge in [0.2, 0.25) is 0 Å². The van der Waals surface area contributed by atoms with Crippen LogP contribution in [0.15, 0.2) is 16.6 Å². The van der Waals surface area contributed by atoms with Crippen molar-refractivity contribution in [1.82, 2.24) is 10.2 Å². The SMILES string of the molecule is CCO[C@H]1CC[C@](C)(N2CCC(C3(C)C=NC(N)=C(N)N3)CC2)CC1. The zero-order valence-corrected chi connectivity index (χ0v) is 16.1. The van der Waals surface area contributed by atoms with Crippen LogP contribution in [0.5, 0.6) is 0 Å². The molecule has 0 amide bonds. The minimum Gasteiger partial charge on any atom is -0.382 e. The second-order valence-electron chi connectivity index (χ2n) is 8.38. The maximum atomic E-state index is 5.97. The summed E-state index contributed by atoms with van der Waals surface area (Å²) in [6.45, 7) is 9.85. The molecule has 1 aliphatic carbocycles. The first-order valence-corrected chi connectivity index (χ1v) is 9.81. The number of hydrogen-bond donors (Lipinski definition) is 3. The molecule has 3 aliphatic rings. The molecule has 1 atom stereocenters. The van der Waals surface area contributed by atoms with E-state index in [-0.39, 0.29) is 5.54 Å². The zero-order chi connectivity index (χ0) is 18.1. The second-order valence-corrected chi connectivity index (χ2v) is 8.38. The quantitative estimate of drug-likeness (QED) is 0.721. The fourth-order valence-corrected chi connectivity index (χ4v) is 4.82. The van der Waals surface area contributed by atoms with E-state index in [9.17, 15) is 0 Å². The number of nitrogens with one attached hydrogen (secondary N) is 1. The molecule has 0 radical (unpaired) electrons. The third kappa shape index (κ3) is 3.80. The highest BCUT2D eigenvalue weighted by molar-refractivity contribution is 5.73. The van der Waals surface area contributed by atoms with Crippen molar-refractivity contribution in [2.45, 2.75) is 76.5 Å². The summed E-state index contributed by atoms with van der Waals surface area (Å²) in [7, 11) is 0. The molecule has 0 aromatic heterocycles. The third-order valence-electron chi connectivity index (χ3n) is 6.67. The summed E-state index contributed by atoms with van der Waals surface area (Å²) in [6, 6.07) is 0. The van der Waals surface area contributed by atoms with Gasteiger partial charge in [0.15, 0.2) is 5.82 Å². The Balaban J connectivity index is 1.55. The van der Waals surface area contributed by atoms with Crippen LogP contribution in [0.1, 0.15) is 59.3 Å². The van der Waals surface area contributed by atoms with Crippen molar-refractivity contribution >= 4 is 6.21 Å². The summed E-state index contributed by atoms with van der Waals surface area (Å²) >= 11 is 0. The Kier molecular flexibility index (Phi) is 5.30. The lowest BCUT2D eigenvalue weighted by Crippen LogP contribution is -2.59. The Morgan fingerprint density at radius 2 is 1.84 bits per heavy atom. The molecule has 2 heterocycles. The molecule has 5 N–H and O–H groups in total. The first kappa shape index (κ1) is 18.5. The van der Waals surface area contributed by atoms with Gasteiger partial charge in [0.25, 0.3) is 0 Å². The maximum Gasteiger partial charge on any atom is 0.163 e. The number of aliphatic imine (C=N–C) groups is 1. The minimum absolute atomic E-state index is 0.188. The molecule has 2 fully saturated rings. The molecule has 0 aromatic carbocycles. The maximum absolute atomic E-state index is 5.97. The highest BCUT2D eigenvalue weighted by Gasteiger charge is 2.42. The molecule has 1 saturated carbocycles. The van der Waals surface area contributed by atoms with Crippen LogP contribution >= 0.6 is 0 Å². The second kappa shape index (κ2) is 7.16. The van der Waals surface area contributed by atoms with E-state index in [0.29, 0.717) is 29.2 Å². The van der Waals surface area contributed by atoms with E-state index in [2.05, 4.69) is 36.0 Å². The summed E-state index contributed by atoms with van der Waals surface area (Å²) < 4.78 is 5.82. The van der Waals surface area contributed by atoms with Gasteiger partial charge in [0.1, 0.15) is 5.82 Å². The first-order valence-electron chi connectivity index (χ1n) is 9.81. The molecule has 1 saturated heterocycles. The van der Waals surface area contributed by atoms with Gasteiger partial charge in [-0.3, -0.25) is 4.90 Å². The molecule has 0 aromatic rings. The lowest BCUT2D eigenvalue weighted by Gasteiger charge is -2.50. The van der Waals surface area contributed by atoms with Crippen LogP contribution < -0.4 is 16.8 Å². The van der Waals surface area contributed by atoms with Gasteiger partial charge in [-0.25, -0.2) is 4.99 Å². The van der Waals surface area contributed by atoms with E-state index in [0.717, 1.165) is 32.5 Å². The van der Waals surface area contributed by atoms with Crippen LogP contribution in [-0.2, 0) is 4.74 Å². The van der Waals surface area contributed by atoms with E-state index in [1.165, 1.54) is 25.7 Å². The molecule has 3 rings (SSSR count). The smallest absolute Gasteiger partial charge is 0.163 e. The van der Waals surface area contributed by atoms with E-state index in [1.807, 2.05) is 6.21 Å². The van der Waals surface area contributed by atoms with Gasteiger partial charge in [-0.05, 0) is 78.3 Å². The van der Waals surface area contributed by atoms with Gasteiger partial charge in [0, 0.05) is 18.4 Å². The van der Waals surface area contributed by atoms with Gasteiger partial charge >= 0.3 is 0 Å². The summed E-state index contributed by atoms with van der Waals surface area (Å²) in [5, 5.41) is 3.38. The topological polar surface area (TPSA) is 88.9 Å². The predicted molar refractivity (Wildman–Crippen MR) is 102 cm³/mol. The van der Waals surface area contributed by atoms with Gasteiger partial charge in [-0.15, -0.1) is 0 Å². The number of nitrogens with two attached hydrogens (primary N) is 2. The minimum atomic E-state index is -0.188. The highest BCUT2D eigenvalue weighted by Crippen LogP contribution is 2.38. The van der Waals surface area contributed by atoms with Crippen LogP contribution in [0.2, 0.25) is 0 Å². The Hall–Kier alpha value is -1.27. The molecule has 6 heteroatoms. The molecule has 25 heavy (non-hydrogen) atoms. The Morgan fingerprint density at radius 3 is 2.40 bits per heavy atom. The number of nitrogens with zero attached hydrogens (tertiary/aromatic N) is 2. The Morgan fingerprint density at radius 1 is 1.20 bits per heavy atom. The number of hydrogen-bond acceptors (Lipinski definition) is 6. The fraction of sp³-hybridized carbons (Fsp3) is 0.842. The largest absolute Gasteiger partial charge is 0.382 e. The fourth-order valence-electron chi connectivity index (χ4n) is 4.82. The molecule has 6 nitrogen and oxygen atoms in total. The van der Waals surface area contributed by atoms with Crippen molar-refractivity contribution in [1.29, 1.82) is 0 Å². The summed E-state index contributed by atoms with van der Waals surface area (Å²) in [6.07, 6.45) is 9.61. The van der Waals surface area contributed by atoms with Crippen LogP contribution in [0.4, 0.5) is 0 Å². The lowest BCUT2D eigenvalue weighted by atomic mass is 9.75. The average molecular weight is 350 g/mol. The number of rotatable bonds is 4. The number of likely N-dealkylation sites (tertiary alicyclic amines) is 1. The van der Waals surface area contributed by atoms with E-state index >= 15 is 0 Å². The predicted octanol–water partition coefficient (Wildman–Crippen LogP) is 1.91. The normalized spacial score (nSPS) is 38.0. The average Bonchev–Trinajstić information content (AvgIpc) is 2.61. The molecule has 142 valence electrons. The van der Waals surface area contributed by atoms with E-state index in [1.54, 1.807) is 0 Å². The van der Waals surface area contributed by atoms with Crippen LogP contribution in [-0.4, -0.2) is 48.0 Å². The van der Waals surface area contributed by atoms with Crippen molar-refractivity contribution in [2.24, 2.45) is 22.4 Å². The van der Waals surface area contributed by atoms with Crippen molar-refractivity contribution < 1.29 is 4.74 Å². The van der Waals surface area contributed by atoms with Crippen LogP contribution in [0.3, 0.4) is 0 Å². The monoisotopic (exact) mass is 349 g/mol. The molecule has 0 spiro atoms. The van der Waals surface area contributed by atoms with Gasteiger partial charge in [-0.1, -0.05) is 0 Å². The van der Waals surface area contributed by atoms with Crippen LogP contribution in [0.25, 0.3) is 0 Å². The molecule has 1 unspecified atom stereocenters. The van der Waals surface area contributed by atoms with Gasteiger partial charge in [-0.2, -0.15) is 0 Å². The van der Waals surface area contributed by atoms with Gasteiger partial charge < -0.3 is 21.5 Å². The van der Waals surface area contributed by atoms with Crippen LogP contribution in [0, 0.1) is 5.92 Å². The standard InChI is InChI=1S/C19H35N5O/c1-4-25-15-5-9-18(2,10-6-15)24-11-7-14(8-12-24)19(3)13-22-16(20)17(21)23-19/h13-15,23H,4-12,20-21H2,1-3H3/t15-,18-,19?. The van der Waals surface area contributed by atoms with E-state index < -0.39 is 0 Å². The summed E-state index contributed by atoms with van der Waals surface area (Å²) in [5.74, 6) is 1.43. The molecular formula is C19H35N5O. The zero-order valence-electron chi connectivity index (χ0n) is 16.1. The number of piperidine rings is 1. The first-order chi connectivity index (χ1) is 11.9.